The van der Waals surface area contributed by atoms with Crippen LogP contribution in [0.3, 0.4) is 0 Å². The Morgan fingerprint density at radius 1 is 0.818 bits per heavy atom. The van der Waals surface area contributed by atoms with Gasteiger partial charge in [0.2, 0.25) is 0 Å². The molecule has 0 N–H and O–H groups in total. The molecule has 0 atom stereocenters. The molecule has 1 aromatic carbocycles. The molecular weight excluding hydrogens is 345 g/mol. The minimum atomic E-state index is -0.151. The number of hydrogen-bond donors (Lipinski definition) is 0. The Morgan fingerprint density at radius 2 is 1.27 bits per heavy atom. The standard InChI is InChI=1S/C19H25N2.Y/c1-11-12(2)14(4)18(15(5)13(11)3)19(7,8)17-9-10-20-16(6)21-17;/h9H,1-8H3;/q-1;. The minimum absolute atomic E-state index is 0. The SMILES string of the molecule is Cc1n[c-]cc(C(C)(C)c2c(C)c(C)c(C)c(C)c2C)n1.[Y]. The molecule has 22 heavy (non-hydrogen) atoms. The second-order valence-electron chi connectivity index (χ2n) is 6.55. The third-order valence-electron chi connectivity index (χ3n) is 4.98. The van der Waals surface area contributed by atoms with Crippen LogP contribution >= 0.6 is 0 Å². The summed E-state index contributed by atoms with van der Waals surface area (Å²) in [6.07, 6.45) is 2.97. The summed E-state index contributed by atoms with van der Waals surface area (Å²) < 4.78 is 0. The molecule has 0 unspecified atom stereocenters. The van der Waals surface area contributed by atoms with E-state index in [9.17, 15) is 0 Å². The van der Waals surface area contributed by atoms with Gasteiger partial charge in [0.1, 0.15) is 0 Å². The average molecular weight is 370 g/mol. The second-order valence-corrected chi connectivity index (χ2v) is 6.55. The van der Waals surface area contributed by atoms with E-state index in [4.69, 9.17) is 0 Å². The minimum Gasteiger partial charge on any atom is -0.373 e. The van der Waals surface area contributed by atoms with Crippen molar-refractivity contribution in [2.75, 3.05) is 0 Å². The Labute approximate surface area is 160 Å². The molecule has 1 aromatic heterocycles. The molecule has 0 amide bonds. The van der Waals surface area contributed by atoms with E-state index in [0.717, 1.165) is 11.5 Å². The Bertz CT molecular complexity index is 674. The predicted octanol–water partition coefficient (Wildman–Crippen LogP) is 4.45. The number of aryl methyl sites for hydroxylation is 1. The number of benzene rings is 1. The first-order chi connectivity index (χ1) is 9.67. The average Bonchev–Trinajstić information content (AvgIpc) is 2.43. The van der Waals surface area contributed by atoms with E-state index in [1.807, 2.05) is 13.0 Å². The largest absolute Gasteiger partial charge is 0.373 e. The fourth-order valence-electron chi connectivity index (χ4n) is 3.30. The van der Waals surface area contributed by atoms with E-state index < -0.39 is 0 Å². The van der Waals surface area contributed by atoms with Gasteiger partial charge in [-0.15, -0.1) is 6.07 Å². The van der Waals surface area contributed by atoms with Crippen molar-refractivity contribution in [3.05, 3.63) is 57.2 Å². The third kappa shape index (κ3) is 3.19. The van der Waals surface area contributed by atoms with Crippen LogP contribution in [0.25, 0.3) is 0 Å². The third-order valence-corrected chi connectivity index (χ3v) is 4.98. The molecule has 0 spiro atoms. The molecule has 2 rings (SSSR count). The zero-order valence-corrected chi connectivity index (χ0v) is 17.9. The molecule has 3 heteroatoms. The summed E-state index contributed by atoms with van der Waals surface area (Å²) in [6, 6.07) is 1.91. The molecule has 0 aliphatic carbocycles. The van der Waals surface area contributed by atoms with Crippen molar-refractivity contribution < 1.29 is 32.7 Å². The van der Waals surface area contributed by atoms with E-state index in [2.05, 4.69) is 64.6 Å². The maximum absolute atomic E-state index is 4.64. The van der Waals surface area contributed by atoms with Crippen LogP contribution < -0.4 is 0 Å². The van der Waals surface area contributed by atoms with Crippen LogP contribution in [0.15, 0.2) is 6.07 Å². The summed E-state index contributed by atoms with van der Waals surface area (Å²) in [7, 11) is 0. The van der Waals surface area contributed by atoms with Crippen molar-refractivity contribution in [2.24, 2.45) is 0 Å². The summed E-state index contributed by atoms with van der Waals surface area (Å²) in [5.41, 5.74) is 9.18. The van der Waals surface area contributed by atoms with Crippen LogP contribution in [-0.4, -0.2) is 9.97 Å². The van der Waals surface area contributed by atoms with Gasteiger partial charge in [-0.05, 0) is 73.4 Å². The van der Waals surface area contributed by atoms with Crippen LogP contribution in [0.5, 0.6) is 0 Å². The number of nitrogens with zero attached hydrogens (tertiary/aromatic N) is 2. The Morgan fingerprint density at radius 3 is 1.73 bits per heavy atom. The molecule has 1 radical (unpaired) electrons. The maximum Gasteiger partial charge on any atom is 0.0107 e. The van der Waals surface area contributed by atoms with E-state index in [-0.39, 0.29) is 38.1 Å². The normalized spacial score (nSPS) is 11.3. The van der Waals surface area contributed by atoms with Gasteiger partial charge in [0, 0.05) is 38.5 Å². The smallest absolute Gasteiger partial charge is 0.0107 e. The summed E-state index contributed by atoms with van der Waals surface area (Å²) >= 11 is 0. The summed E-state index contributed by atoms with van der Waals surface area (Å²) in [6.45, 7) is 17.5. The Kier molecular flexibility index (Phi) is 6.09. The molecule has 2 aromatic rings. The van der Waals surface area contributed by atoms with Gasteiger partial charge in [0.15, 0.2) is 0 Å². The second kappa shape index (κ2) is 6.88. The molecule has 1 heterocycles. The summed E-state index contributed by atoms with van der Waals surface area (Å²) in [5.74, 6) is 0.774. The van der Waals surface area contributed by atoms with Crippen LogP contribution in [0.4, 0.5) is 0 Å². The summed E-state index contributed by atoms with van der Waals surface area (Å²) in [4.78, 5) is 8.75. The van der Waals surface area contributed by atoms with Crippen molar-refractivity contribution in [1.82, 2.24) is 9.97 Å². The van der Waals surface area contributed by atoms with Crippen LogP contribution in [0.1, 0.15) is 58.7 Å². The van der Waals surface area contributed by atoms with Gasteiger partial charge >= 0.3 is 0 Å². The van der Waals surface area contributed by atoms with Gasteiger partial charge in [-0.2, -0.15) is 0 Å². The molecule has 0 aliphatic heterocycles. The van der Waals surface area contributed by atoms with Crippen LogP contribution in [0, 0.1) is 47.7 Å². The Hall–Kier alpha value is -0.596. The Balaban J connectivity index is 0.00000242. The van der Waals surface area contributed by atoms with E-state index in [0.29, 0.717) is 0 Å². The number of hydrogen-bond acceptors (Lipinski definition) is 2. The molecule has 0 bridgehead atoms. The van der Waals surface area contributed by atoms with Crippen molar-refractivity contribution >= 4 is 0 Å². The van der Waals surface area contributed by atoms with Crippen molar-refractivity contribution in [2.45, 2.75) is 60.8 Å². The van der Waals surface area contributed by atoms with E-state index >= 15 is 0 Å². The van der Waals surface area contributed by atoms with Gasteiger partial charge in [0.25, 0.3) is 0 Å². The van der Waals surface area contributed by atoms with Gasteiger partial charge in [-0.3, -0.25) is 0 Å². The fourth-order valence-corrected chi connectivity index (χ4v) is 3.30. The monoisotopic (exact) mass is 370 g/mol. The van der Waals surface area contributed by atoms with Gasteiger partial charge in [-0.1, -0.05) is 32.7 Å². The van der Waals surface area contributed by atoms with Gasteiger partial charge in [-0.25, -0.2) is 0 Å². The molecule has 0 saturated carbocycles. The topological polar surface area (TPSA) is 25.8 Å². The first-order valence-corrected chi connectivity index (χ1v) is 7.47. The van der Waals surface area contributed by atoms with E-state index in [1.165, 1.54) is 33.4 Å². The van der Waals surface area contributed by atoms with Gasteiger partial charge < -0.3 is 9.97 Å². The first-order valence-electron chi connectivity index (χ1n) is 7.47. The molecular formula is C19H25N2Y-. The van der Waals surface area contributed by atoms with Crippen LogP contribution in [0.2, 0.25) is 0 Å². The molecule has 0 fully saturated rings. The fraction of sp³-hybridized carbons (Fsp3) is 0.474. The van der Waals surface area contributed by atoms with Crippen molar-refractivity contribution in [1.29, 1.82) is 0 Å². The molecule has 0 aliphatic rings. The zero-order chi connectivity index (χ0) is 15.9. The van der Waals surface area contributed by atoms with Crippen LogP contribution in [-0.2, 0) is 38.1 Å². The summed E-state index contributed by atoms with van der Waals surface area (Å²) in [5, 5.41) is 0. The predicted molar refractivity (Wildman–Crippen MR) is 87.9 cm³/mol. The quantitative estimate of drug-likeness (QED) is 0.730. The number of rotatable bonds is 2. The molecule has 2 nitrogen and oxygen atoms in total. The molecule has 115 valence electrons. The maximum atomic E-state index is 4.64. The zero-order valence-electron chi connectivity index (χ0n) is 15.0. The van der Waals surface area contributed by atoms with Crippen molar-refractivity contribution in [3.8, 4) is 0 Å². The van der Waals surface area contributed by atoms with E-state index in [1.54, 1.807) is 0 Å². The van der Waals surface area contributed by atoms with Crippen molar-refractivity contribution in [3.63, 3.8) is 0 Å². The van der Waals surface area contributed by atoms with Gasteiger partial charge in [0.05, 0.1) is 0 Å². The first kappa shape index (κ1) is 19.5. The molecule has 0 saturated heterocycles. The number of aromatic nitrogens is 2.